The molecule has 9 nitrogen and oxygen atoms in total. The van der Waals surface area contributed by atoms with E-state index < -0.39 is 0 Å². The molecule has 0 spiro atoms. The first-order valence-corrected chi connectivity index (χ1v) is 5.47. The lowest BCUT2D eigenvalue weighted by Crippen LogP contribution is -2.02. The van der Waals surface area contributed by atoms with Crippen LogP contribution in [0.3, 0.4) is 0 Å². The molecule has 3 aromatic heterocycles. The van der Waals surface area contributed by atoms with E-state index >= 15 is 0 Å². The van der Waals surface area contributed by atoms with Gasteiger partial charge in [-0.1, -0.05) is 0 Å². The Labute approximate surface area is 111 Å². The summed E-state index contributed by atoms with van der Waals surface area (Å²) >= 11 is 4.59. The van der Waals surface area contributed by atoms with E-state index in [0.29, 0.717) is 21.9 Å². The van der Waals surface area contributed by atoms with Crippen LogP contribution in [0.4, 0.5) is 11.9 Å². The SMILES string of the molecule is Nc1ncc2[nH]c(N)nc2n1.O=c1cc[nH]c(=S)[nH]1. The maximum atomic E-state index is 10.3. The molecule has 0 atom stereocenters. The van der Waals surface area contributed by atoms with Gasteiger partial charge in [0.05, 0.1) is 6.20 Å². The molecule has 3 aromatic rings. The van der Waals surface area contributed by atoms with Crippen LogP contribution in [0, 0.1) is 4.77 Å². The number of nitrogens with two attached hydrogens (primary N) is 2. The molecular formula is C9H10N8OS. The largest absolute Gasteiger partial charge is 0.369 e. The van der Waals surface area contributed by atoms with Crippen LogP contribution < -0.4 is 17.0 Å². The Hall–Kier alpha value is -2.75. The Morgan fingerprint density at radius 2 is 2.00 bits per heavy atom. The van der Waals surface area contributed by atoms with Crippen molar-refractivity contribution in [2.75, 3.05) is 11.5 Å². The number of rotatable bonds is 0. The van der Waals surface area contributed by atoms with Gasteiger partial charge in [0.15, 0.2) is 16.4 Å². The maximum absolute atomic E-state index is 10.3. The second-order valence-corrected chi connectivity index (χ2v) is 3.79. The number of anilines is 2. The average molecular weight is 278 g/mol. The van der Waals surface area contributed by atoms with E-state index in [-0.39, 0.29) is 11.5 Å². The quantitative estimate of drug-likeness (QED) is 0.361. The van der Waals surface area contributed by atoms with Crippen molar-refractivity contribution in [3.05, 3.63) is 33.6 Å². The summed E-state index contributed by atoms with van der Waals surface area (Å²) in [5.74, 6) is 0.518. The predicted molar refractivity (Wildman–Crippen MR) is 72.8 cm³/mol. The van der Waals surface area contributed by atoms with Crippen LogP contribution in [0.15, 0.2) is 23.3 Å². The maximum Gasteiger partial charge on any atom is 0.251 e. The van der Waals surface area contributed by atoms with E-state index in [1.807, 2.05) is 0 Å². The fourth-order valence-corrected chi connectivity index (χ4v) is 1.39. The van der Waals surface area contributed by atoms with E-state index in [0.717, 1.165) is 0 Å². The molecule has 0 aliphatic heterocycles. The van der Waals surface area contributed by atoms with Crippen molar-refractivity contribution in [1.29, 1.82) is 0 Å². The Morgan fingerprint density at radius 3 is 2.63 bits per heavy atom. The monoisotopic (exact) mass is 278 g/mol. The number of aromatic amines is 3. The van der Waals surface area contributed by atoms with E-state index in [4.69, 9.17) is 11.5 Å². The predicted octanol–water partition coefficient (Wildman–Crippen LogP) is -0.0502. The van der Waals surface area contributed by atoms with Gasteiger partial charge in [-0.25, -0.2) is 4.98 Å². The number of nitrogen functional groups attached to an aromatic ring is 2. The van der Waals surface area contributed by atoms with Crippen LogP contribution in [0.1, 0.15) is 0 Å². The molecule has 0 aliphatic rings. The summed E-state index contributed by atoms with van der Waals surface area (Å²) in [6, 6.07) is 1.37. The lowest BCUT2D eigenvalue weighted by molar-refractivity contribution is 1.09. The summed E-state index contributed by atoms with van der Waals surface area (Å²) < 4.78 is 0.359. The molecule has 3 rings (SSSR count). The van der Waals surface area contributed by atoms with Crippen LogP contribution in [0.5, 0.6) is 0 Å². The molecule has 0 saturated heterocycles. The third kappa shape index (κ3) is 3.35. The summed E-state index contributed by atoms with van der Waals surface area (Å²) in [5.41, 5.74) is 11.7. The highest BCUT2D eigenvalue weighted by Crippen LogP contribution is 2.08. The summed E-state index contributed by atoms with van der Waals surface area (Å²) in [6.45, 7) is 0. The van der Waals surface area contributed by atoms with Crippen molar-refractivity contribution in [1.82, 2.24) is 29.9 Å². The summed E-state index contributed by atoms with van der Waals surface area (Å²) in [7, 11) is 0. The fourth-order valence-electron chi connectivity index (χ4n) is 1.22. The molecule has 98 valence electrons. The van der Waals surface area contributed by atoms with Crippen LogP contribution in [0.2, 0.25) is 0 Å². The van der Waals surface area contributed by atoms with Crippen molar-refractivity contribution < 1.29 is 0 Å². The zero-order valence-corrected chi connectivity index (χ0v) is 10.4. The van der Waals surface area contributed by atoms with Crippen molar-refractivity contribution in [2.24, 2.45) is 0 Å². The van der Waals surface area contributed by atoms with Gasteiger partial charge >= 0.3 is 0 Å². The highest BCUT2D eigenvalue weighted by atomic mass is 32.1. The normalized spacial score (nSPS) is 9.89. The molecule has 0 radical (unpaired) electrons. The smallest absolute Gasteiger partial charge is 0.251 e. The van der Waals surface area contributed by atoms with Gasteiger partial charge in [-0.15, -0.1) is 0 Å². The number of hydrogen-bond acceptors (Lipinski definition) is 7. The van der Waals surface area contributed by atoms with Gasteiger partial charge in [0.1, 0.15) is 5.52 Å². The standard InChI is InChI=1S/C5H6N6.C4H4N2OS/c6-4-8-1-2-3(10-4)11-5(7)9-2;7-3-1-2-5-4(8)6-3/h1H,(H5,6,7,8,9,10,11);1-2H,(H2,5,6,7,8). The number of hydrogen-bond donors (Lipinski definition) is 5. The first-order valence-electron chi connectivity index (χ1n) is 5.06. The average Bonchev–Trinajstić information content (AvgIpc) is 2.69. The van der Waals surface area contributed by atoms with Gasteiger partial charge in [-0.05, 0) is 12.2 Å². The zero-order valence-electron chi connectivity index (χ0n) is 9.54. The zero-order chi connectivity index (χ0) is 13.8. The first-order chi connectivity index (χ1) is 9.04. The molecule has 0 saturated carbocycles. The molecule has 10 heteroatoms. The topological polar surface area (TPSA) is 155 Å². The fraction of sp³-hybridized carbons (Fsp3) is 0. The second-order valence-electron chi connectivity index (χ2n) is 3.38. The van der Waals surface area contributed by atoms with Gasteiger partial charge in [0.25, 0.3) is 5.56 Å². The first kappa shape index (κ1) is 12.7. The van der Waals surface area contributed by atoms with E-state index in [2.05, 4.69) is 42.1 Å². The Bertz CT molecular complexity index is 778. The summed E-state index contributed by atoms with van der Waals surface area (Å²) in [6.07, 6.45) is 3.04. The van der Waals surface area contributed by atoms with Crippen LogP contribution in [-0.2, 0) is 0 Å². The number of H-pyrrole nitrogens is 3. The molecule has 0 unspecified atom stereocenters. The minimum atomic E-state index is -0.172. The molecule has 0 amide bonds. The van der Waals surface area contributed by atoms with Crippen LogP contribution >= 0.6 is 12.2 Å². The molecule has 3 heterocycles. The molecule has 19 heavy (non-hydrogen) atoms. The number of nitrogens with zero attached hydrogens (tertiary/aromatic N) is 3. The van der Waals surface area contributed by atoms with Gasteiger partial charge in [0.2, 0.25) is 5.95 Å². The number of fused-ring (bicyclic) bond motifs is 1. The summed E-state index contributed by atoms with van der Waals surface area (Å²) in [4.78, 5) is 29.6. The number of aromatic nitrogens is 6. The number of nitrogens with one attached hydrogen (secondary N) is 3. The van der Waals surface area contributed by atoms with Crippen LogP contribution in [0.25, 0.3) is 11.2 Å². The lowest BCUT2D eigenvalue weighted by atomic mass is 10.6. The Balaban J connectivity index is 0.000000148. The molecule has 7 N–H and O–H groups in total. The van der Waals surface area contributed by atoms with Gasteiger partial charge in [-0.3, -0.25) is 9.78 Å². The van der Waals surface area contributed by atoms with Crippen LogP contribution in [-0.4, -0.2) is 29.9 Å². The highest BCUT2D eigenvalue weighted by molar-refractivity contribution is 7.71. The Morgan fingerprint density at radius 1 is 1.21 bits per heavy atom. The minimum absolute atomic E-state index is 0.172. The van der Waals surface area contributed by atoms with Gasteiger partial charge in [0, 0.05) is 12.3 Å². The van der Waals surface area contributed by atoms with E-state index in [9.17, 15) is 4.79 Å². The summed E-state index contributed by atoms with van der Waals surface area (Å²) in [5, 5.41) is 0. The molecule has 0 aliphatic carbocycles. The van der Waals surface area contributed by atoms with Gasteiger partial charge in [-0.2, -0.15) is 9.97 Å². The van der Waals surface area contributed by atoms with Crippen molar-refractivity contribution >= 4 is 35.3 Å². The van der Waals surface area contributed by atoms with Crippen molar-refractivity contribution in [3.8, 4) is 0 Å². The third-order valence-electron chi connectivity index (χ3n) is 1.96. The van der Waals surface area contributed by atoms with E-state index in [1.54, 1.807) is 6.20 Å². The lowest BCUT2D eigenvalue weighted by Gasteiger charge is -1.87. The molecular weight excluding hydrogens is 268 g/mol. The minimum Gasteiger partial charge on any atom is -0.369 e. The second kappa shape index (κ2) is 5.27. The number of imidazole rings is 1. The third-order valence-corrected chi connectivity index (χ3v) is 2.18. The van der Waals surface area contributed by atoms with Crippen molar-refractivity contribution in [3.63, 3.8) is 0 Å². The highest BCUT2D eigenvalue weighted by Gasteiger charge is 2.00. The van der Waals surface area contributed by atoms with Crippen molar-refractivity contribution in [2.45, 2.75) is 0 Å². The Kier molecular flexibility index (Phi) is 3.52. The molecule has 0 bridgehead atoms. The van der Waals surface area contributed by atoms with E-state index in [1.165, 1.54) is 12.3 Å². The molecule has 0 aromatic carbocycles. The van der Waals surface area contributed by atoms with Gasteiger partial charge < -0.3 is 21.4 Å². The molecule has 0 fully saturated rings.